The van der Waals surface area contributed by atoms with Gasteiger partial charge in [0.1, 0.15) is 12.1 Å². The summed E-state index contributed by atoms with van der Waals surface area (Å²) in [5, 5.41) is 6.70. The molecule has 0 radical (unpaired) electrons. The first-order valence-corrected chi connectivity index (χ1v) is 6.19. The van der Waals surface area contributed by atoms with Crippen molar-refractivity contribution in [3.63, 3.8) is 0 Å². The fourth-order valence-corrected chi connectivity index (χ4v) is 2.12. The fourth-order valence-electron chi connectivity index (χ4n) is 2.12. The Kier molecular flexibility index (Phi) is 4.55. The Morgan fingerprint density at radius 1 is 1.41 bits per heavy atom. The van der Waals surface area contributed by atoms with E-state index in [1.54, 1.807) is 7.11 Å². The molecule has 17 heavy (non-hydrogen) atoms. The Hall–Kier alpha value is -1.36. The van der Waals surface area contributed by atoms with Gasteiger partial charge in [-0.25, -0.2) is 9.97 Å². The molecule has 94 valence electrons. The van der Waals surface area contributed by atoms with Crippen LogP contribution in [0.25, 0.3) is 0 Å². The molecule has 0 amide bonds. The van der Waals surface area contributed by atoms with Crippen LogP contribution in [0.15, 0.2) is 12.4 Å². The second kappa shape index (κ2) is 6.39. The molecule has 1 fully saturated rings. The average Bonchev–Trinajstić information content (AvgIpc) is 2.40. The van der Waals surface area contributed by atoms with Crippen LogP contribution in [0.1, 0.15) is 19.3 Å². The van der Waals surface area contributed by atoms with Gasteiger partial charge in [0, 0.05) is 12.6 Å². The summed E-state index contributed by atoms with van der Waals surface area (Å²) in [6, 6.07) is 1.82. The number of nitrogens with zero attached hydrogens (tertiary/aromatic N) is 2. The molecule has 1 aromatic rings. The standard InChI is InChI=1S/C12H20N4O/c1-17-12-8-11(15-9-16-12)14-7-4-10-2-5-13-6-3-10/h8-10,13H,2-7H2,1H3,(H,14,15,16). The Balaban J connectivity index is 1.73. The van der Waals surface area contributed by atoms with Crippen LogP contribution < -0.4 is 15.4 Å². The number of hydrogen-bond donors (Lipinski definition) is 2. The third kappa shape index (κ3) is 3.85. The van der Waals surface area contributed by atoms with Crippen molar-refractivity contribution in [3.8, 4) is 5.88 Å². The molecule has 0 atom stereocenters. The zero-order valence-electron chi connectivity index (χ0n) is 10.3. The predicted molar refractivity (Wildman–Crippen MR) is 67.3 cm³/mol. The highest BCUT2D eigenvalue weighted by molar-refractivity contribution is 5.36. The molecule has 0 bridgehead atoms. The van der Waals surface area contributed by atoms with Crippen LogP contribution in [0, 0.1) is 5.92 Å². The van der Waals surface area contributed by atoms with Gasteiger partial charge in [-0.1, -0.05) is 0 Å². The molecule has 5 nitrogen and oxygen atoms in total. The molecule has 0 aromatic carbocycles. The van der Waals surface area contributed by atoms with Gasteiger partial charge in [0.05, 0.1) is 7.11 Å². The third-order valence-corrected chi connectivity index (χ3v) is 3.17. The minimum absolute atomic E-state index is 0.601. The molecular formula is C12H20N4O. The number of ether oxygens (including phenoxy) is 1. The van der Waals surface area contributed by atoms with E-state index in [1.807, 2.05) is 6.07 Å². The number of methoxy groups -OCH3 is 1. The summed E-state index contributed by atoms with van der Waals surface area (Å²) in [5.41, 5.74) is 0. The minimum atomic E-state index is 0.601. The maximum Gasteiger partial charge on any atom is 0.218 e. The topological polar surface area (TPSA) is 59.1 Å². The van der Waals surface area contributed by atoms with E-state index in [-0.39, 0.29) is 0 Å². The van der Waals surface area contributed by atoms with Crippen molar-refractivity contribution in [3.05, 3.63) is 12.4 Å². The molecule has 0 aliphatic carbocycles. The van der Waals surface area contributed by atoms with E-state index in [4.69, 9.17) is 4.74 Å². The molecular weight excluding hydrogens is 216 g/mol. The van der Waals surface area contributed by atoms with Crippen LogP contribution in [-0.2, 0) is 0 Å². The number of nitrogens with one attached hydrogen (secondary N) is 2. The molecule has 2 heterocycles. The summed E-state index contributed by atoms with van der Waals surface area (Å²) in [6.45, 7) is 3.28. The van der Waals surface area contributed by atoms with Gasteiger partial charge in [0.2, 0.25) is 5.88 Å². The van der Waals surface area contributed by atoms with Gasteiger partial charge in [0.25, 0.3) is 0 Å². The average molecular weight is 236 g/mol. The van der Waals surface area contributed by atoms with Crippen molar-refractivity contribution >= 4 is 5.82 Å². The Morgan fingerprint density at radius 2 is 2.24 bits per heavy atom. The van der Waals surface area contributed by atoms with Gasteiger partial charge in [-0.15, -0.1) is 0 Å². The van der Waals surface area contributed by atoms with Crippen LogP contribution in [0.5, 0.6) is 5.88 Å². The number of hydrogen-bond acceptors (Lipinski definition) is 5. The zero-order chi connectivity index (χ0) is 11.9. The number of rotatable bonds is 5. The van der Waals surface area contributed by atoms with E-state index in [1.165, 1.54) is 25.6 Å². The Morgan fingerprint density at radius 3 is 3.00 bits per heavy atom. The summed E-state index contributed by atoms with van der Waals surface area (Å²) < 4.78 is 5.05. The van der Waals surface area contributed by atoms with E-state index in [2.05, 4.69) is 20.6 Å². The molecule has 0 unspecified atom stereocenters. The predicted octanol–water partition coefficient (Wildman–Crippen LogP) is 1.29. The number of piperidine rings is 1. The van der Waals surface area contributed by atoms with E-state index in [0.29, 0.717) is 5.88 Å². The van der Waals surface area contributed by atoms with Crippen LogP contribution in [0.3, 0.4) is 0 Å². The van der Waals surface area contributed by atoms with Crippen molar-refractivity contribution < 1.29 is 4.74 Å². The van der Waals surface area contributed by atoms with E-state index >= 15 is 0 Å². The zero-order valence-corrected chi connectivity index (χ0v) is 10.3. The fraction of sp³-hybridized carbons (Fsp3) is 0.667. The maximum absolute atomic E-state index is 5.05. The molecule has 0 saturated carbocycles. The van der Waals surface area contributed by atoms with Gasteiger partial charge in [0.15, 0.2) is 0 Å². The van der Waals surface area contributed by atoms with Crippen LogP contribution >= 0.6 is 0 Å². The van der Waals surface area contributed by atoms with E-state index in [0.717, 1.165) is 31.4 Å². The lowest BCUT2D eigenvalue weighted by molar-refractivity contribution is 0.361. The second-order valence-electron chi connectivity index (χ2n) is 4.35. The highest BCUT2D eigenvalue weighted by Gasteiger charge is 2.12. The molecule has 2 N–H and O–H groups in total. The first kappa shape index (κ1) is 12.1. The summed E-state index contributed by atoms with van der Waals surface area (Å²) in [5.74, 6) is 2.28. The summed E-state index contributed by atoms with van der Waals surface area (Å²) in [4.78, 5) is 8.13. The van der Waals surface area contributed by atoms with Gasteiger partial charge >= 0.3 is 0 Å². The van der Waals surface area contributed by atoms with Crippen molar-refractivity contribution in [1.82, 2.24) is 15.3 Å². The number of anilines is 1. The van der Waals surface area contributed by atoms with Gasteiger partial charge in [-0.05, 0) is 38.3 Å². The quantitative estimate of drug-likeness (QED) is 0.806. The van der Waals surface area contributed by atoms with Crippen LogP contribution in [-0.4, -0.2) is 36.7 Å². The molecule has 1 saturated heterocycles. The van der Waals surface area contributed by atoms with Gasteiger partial charge in [-0.2, -0.15) is 0 Å². The summed E-state index contributed by atoms with van der Waals surface area (Å²) in [6.07, 6.45) is 5.29. The molecule has 1 aromatic heterocycles. The highest BCUT2D eigenvalue weighted by atomic mass is 16.5. The Bertz CT molecular complexity index is 339. The lowest BCUT2D eigenvalue weighted by Crippen LogP contribution is -2.28. The van der Waals surface area contributed by atoms with Crippen molar-refractivity contribution in [1.29, 1.82) is 0 Å². The van der Waals surface area contributed by atoms with Gasteiger partial charge in [-0.3, -0.25) is 0 Å². The molecule has 0 spiro atoms. The van der Waals surface area contributed by atoms with E-state index < -0.39 is 0 Å². The monoisotopic (exact) mass is 236 g/mol. The van der Waals surface area contributed by atoms with E-state index in [9.17, 15) is 0 Å². The summed E-state index contributed by atoms with van der Waals surface area (Å²) in [7, 11) is 1.61. The van der Waals surface area contributed by atoms with Crippen molar-refractivity contribution in [2.45, 2.75) is 19.3 Å². The molecule has 1 aliphatic heterocycles. The van der Waals surface area contributed by atoms with Crippen LogP contribution in [0.2, 0.25) is 0 Å². The Labute approximate surface area is 102 Å². The third-order valence-electron chi connectivity index (χ3n) is 3.17. The normalized spacial score (nSPS) is 16.8. The maximum atomic E-state index is 5.05. The van der Waals surface area contributed by atoms with Crippen LogP contribution in [0.4, 0.5) is 5.82 Å². The minimum Gasteiger partial charge on any atom is -0.481 e. The lowest BCUT2D eigenvalue weighted by atomic mass is 9.95. The first-order valence-electron chi connectivity index (χ1n) is 6.19. The SMILES string of the molecule is COc1cc(NCCC2CCNCC2)ncn1. The van der Waals surface area contributed by atoms with Crippen molar-refractivity contribution in [2.75, 3.05) is 32.1 Å². The molecule has 5 heteroatoms. The van der Waals surface area contributed by atoms with Crippen molar-refractivity contribution in [2.24, 2.45) is 5.92 Å². The smallest absolute Gasteiger partial charge is 0.218 e. The molecule has 2 rings (SSSR count). The highest BCUT2D eigenvalue weighted by Crippen LogP contribution is 2.16. The summed E-state index contributed by atoms with van der Waals surface area (Å²) >= 11 is 0. The van der Waals surface area contributed by atoms with Gasteiger partial charge < -0.3 is 15.4 Å². The largest absolute Gasteiger partial charge is 0.481 e. The lowest BCUT2D eigenvalue weighted by Gasteiger charge is -2.22. The second-order valence-corrected chi connectivity index (χ2v) is 4.35. The molecule has 1 aliphatic rings. The number of aromatic nitrogens is 2. The first-order chi connectivity index (χ1) is 8.38.